The molecule has 0 radical (unpaired) electrons. The number of hydrogen-bond acceptors (Lipinski definition) is 3. The van der Waals surface area contributed by atoms with Gasteiger partial charge in [-0.05, 0) is 57.3 Å². The summed E-state index contributed by atoms with van der Waals surface area (Å²) in [6, 6.07) is 4.08. The fourth-order valence-corrected chi connectivity index (χ4v) is 3.20. The van der Waals surface area contributed by atoms with Crippen molar-refractivity contribution in [2.24, 2.45) is 5.84 Å². The monoisotopic (exact) mass is 416 g/mol. The van der Waals surface area contributed by atoms with Gasteiger partial charge in [-0.3, -0.25) is 5.84 Å². The molecule has 0 saturated heterocycles. The summed E-state index contributed by atoms with van der Waals surface area (Å²) in [6.07, 6.45) is -4.73. The van der Waals surface area contributed by atoms with Crippen molar-refractivity contribution in [3.8, 4) is 0 Å². The molecule has 2 aromatic rings. The normalized spacial score (nSPS) is 13.5. The van der Waals surface area contributed by atoms with Crippen LogP contribution in [0.15, 0.2) is 29.6 Å². The van der Waals surface area contributed by atoms with Crippen LogP contribution in [0.2, 0.25) is 0 Å². The Kier molecular flexibility index (Phi) is 4.67. The number of rotatable bonds is 3. The predicted octanol–water partition coefficient (Wildman–Crippen LogP) is 4.06. The summed E-state index contributed by atoms with van der Waals surface area (Å²) in [7, 11) is 0. The van der Waals surface area contributed by atoms with E-state index in [0.29, 0.717) is 0 Å². The predicted molar refractivity (Wildman–Crippen MR) is 77.6 cm³/mol. The van der Waals surface area contributed by atoms with E-state index in [9.17, 15) is 17.6 Å². The van der Waals surface area contributed by atoms with Gasteiger partial charge in [-0.15, -0.1) is 11.3 Å². The summed E-state index contributed by atoms with van der Waals surface area (Å²) in [5, 5.41) is 1.79. The standard InChI is InChI=1S/C12H9F4IN2S/c13-9-2-1-6(3-8(9)12(14,15)16)11(19-18)7-4-10(17)20-5-7/h1-5,11,19H,18H2. The van der Waals surface area contributed by atoms with Gasteiger partial charge in [-0.1, -0.05) is 6.07 Å². The Morgan fingerprint density at radius 3 is 2.40 bits per heavy atom. The molecule has 1 unspecified atom stereocenters. The van der Waals surface area contributed by atoms with Crippen LogP contribution in [0.5, 0.6) is 0 Å². The van der Waals surface area contributed by atoms with Crippen molar-refractivity contribution in [2.75, 3.05) is 0 Å². The van der Waals surface area contributed by atoms with Gasteiger partial charge >= 0.3 is 6.18 Å². The number of hydrogen-bond donors (Lipinski definition) is 2. The summed E-state index contributed by atoms with van der Waals surface area (Å²) < 4.78 is 52.4. The average Bonchev–Trinajstić information content (AvgIpc) is 2.77. The second kappa shape index (κ2) is 5.96. The van der Waals surface area contributed by atoms with Crippen LogP contribution in [0.3, 0.4) is 0 Å². The summed E-state index contributed by atoms with van der Waals surface area (Å²) in [5.41, 5.74) is 2.17. The lowest BCUT2D eigenvalue weighted by molar-refractivity contribution is -0.140. The minimum Gasteiger partial charge on any atom is -0.271 e. The van der Waals surface area contributed by atoms with Gasteiger partial charge in [0.2, 0.25) is 0 Å². The van der Waals surface area contributed by atoms with Crippen molar-refractivity contribution < 1.29 is 17.6 Å². The van der Waals surface area contributed by atoms with Crippen LogP contribution in [0.25, 0.3) is 0 Å². The van der Waals surface area contributed by atoms with E-state index in [2.05, 4.69) is 28.0 Å². The number of thiophene rings is 1. The number of benzene rings is 1. The van der Waals surface area contributed by atoms with Gasteiger partial charge < -0.3 is 0 Å². The first kappa shape index (κ1) is 15.7. The van der Waals surface area contributed by atoms with E-state index in [4.69, 9.17) is 5.84 Å². The highest BCUT2D eigenvalue weighted by atomic mass is 127. The quantitative estimate of drug-likeness (QED) is 0.343. The average molecular weight is 416 g/mol. The van der Waals surface area contributed by atoms with E-state index >= 15 is 0 Å². The van der Waals surface area contributed by atoms with Gasteiger partial charge in [-0.25, -0.2) is 9.82 Å². The lowest BCUT2D eigenvalue weighted by atomic mass is 9.99. The highest BCUT2D eigenvalue weighted by Crippen LogP contribution is 2.34. The van der Waals surface area contributed by atoms with E-state index < -0.39 is 23.6 Å². The van der Waals surface area contributed by atoms with Gasteiger partial charge in [0, 0.05) is 0 Å². The molecule has 1 atom stereocenters. The van der Waals surface area contributed by atoms with E-state index in [0.717, 1.165) is 20.6 Å². The van der Waals surface area contributed by atoms with Crippen LogP contribution < -0.4 is 11.3 Å². The van der Waals surface area contributed by atoms with Crippen LogP contribution in [0.4, 0.5) is 17.6 Å². The molecular weight excluding hydrogens is 407 g/mol. The molecule has 0 aliphatic rings. The Morgan fingerprint density at radius 1 is 1.20 bits per heavy atom. The third-order valence-electron chi connectivity index (χ3n) is 2.72. The molecule has 8 heteroatoms. The first-order valence-electron chi connectivity index (χ1n) is 5.39. The topological polar surface area (TPSA) is 38.0 Å². The minimum atomic E-state index is -4.73. The maximum absolute atomic E-state index is 13.3. The first-order chi connectivity index (χ1) is 9.32. The number of alkyl halides is 3. The molecule has 2 nitrogen and oxygen atoms in total. The molecule has 0 spiro atoms. The summed E-state index contributed by atoms with van der Waals surface area (Å²) in [5.74, 6) is 4.13. The van der Waals surface area contributed by atoms with Gasteiger partial charge in [0.15, 0.2) is 0 Å². The molecule has 0 fully saturated rings. The van der Waals surface area contributed by atoms with E-state index in [1.165, 1.54) is 17.4 Å². The molecular formula is C12H9F4IN2S. The number of nitrogens with one attached hydrogen (secondary N) is 1. The Bertz CT molecular complexity index is 612. The molecule has 0 amide bonds. The molecule has 1 heterocycles. The summed E-state index contributed by atoms with van der Waals surface area (Å²) >= 11 is 3.55. The number of nitrogens with two attached hydrogens (primary N) is 1. The highest BCUT2D eigenvalue weighted by molar-refractivity contribution is 14.1. The van der Waals surface area contributed by atoms with Crippen LogP contribution >= 0.6 is 33.9 Å². The van der Waals surface area contributed by atoms with Crippen molar-refractivity contribution in [1.29, 1.82) is 0 Å². The van der Waals surface area contributed by atoms with E-state index in [1.54, 1.807) is 5.38 Å². The zero-order valence-corrected chi connectivity index (χ0v) is 12.8. The summed E-state index contributed by atoms with van der Waals surface area (Å²) in [4.78, 5) is 0. The third kappa shape index (κ3) is 3.30. The molecule has 2 rings (SSSR count). The molecule has 1 aromatic carbocycles. The molecule has 3 N–H and O–H groups in total. The molecule has 0 aliphatic heterocycles. The van der Waals surface area contributed by atoms with Gasteiger partial charge in [-0.2, -0.15) is 13.2 Å². The first-order valence-corrected chi connectivity index (χ1v) is 7.35. The zero-order valence-electron chi connectivity index (χ0n) is 9.84. The smallest absolute Gasteiger partial charge is 0.271 e. The molecule has 0 saturated carbocycles. The second-order valence-corrected chi connectivity index (χ2v) is 6.83. The van der Waals surface area contributed by atoms with Crippen molar-refractivity contribution in [2.45, 2.75) is 12.2 Å². The van der Waals surface area contributed by atoms with Gasteiger partial charge in [0.05, 0.1) is 14.5 Å². The Balaban J connectivity index is 2.46. The van der Waals surface area contributed by atoms with Crippen molar-refractivity contribution in [1.82, 2.24) is 5.43 Å². The van der Waals surface area contributed by atoms with Crippen LogP contribution in [0, 0.1) is 8.70 Å². The second-order valence-electron chi connectivity index (χ2n) is 4.02. The lowest BCUT2D eigenvalue weighted by Gasteiger charge is -2.17. The molecule has 0 bridgehead atoms. The SMILES string of the molecule is NNC(c1csc(I)c1)c1ccc(F)c(C(F)(F)F)c1. The maximum atomic E-state index is 13.3. The van der Waals surface area contributed by atoms with Crippen LogP contribution in [0.1, 0.15) is 22.7 Å². The van der Waals surface area contributed by atoms with Crippen molar-refractivity contribution in [3.05, 3.63) is 55.0 Å². The van der Waals surface area contributed by atoms with Crippen LogP contribution in [-0.4, -0.2) is 0 Å². The fraction of sp³-hybridized carbons (Fsp3) is 0.167. The van der Waals surface area contributed by atoms with Crippen molar-refractivity contribution in [3.63, 3.8) is 0 Å². The van der Waals surface area contributed by atoms with Gasteiger partial charge in [0.25, 0.3) is 0 Å². The van der Waals surface area contributed by atoms with E-state index in [1.807, 2.05) is 6.07 Å². The van der Waals surface area contributed by atoms with Crippen LogP contribution in [-0.2, 0) is 6.18 Å². The van der Waals surface area contributed by atoms with Gasteiger partial charge in [0.1, 0.15) is 5.82 Å². The minimum absolute atomic E-state index is 0.260. The Hall–Kier alpha value is -0.710. The van der Waals surface area contributed by atoms with Crippen molar-refractivity contribution >= 4 is 33.9 Å². The molecule has 1 aromatic heterocycles. The molecule has 20 heavy (non-hydrogen) atoms. The number of hydrazine groups is 1. The summed E-state index contributed by atoms with van der Waals surface area (Å²) in [6.45, 7) is 0. The fourth-order valence-electron chi connectivity index (χ4n) is 1.80. The highest BCUT2D eigenvalue weighted by Gasteiger charge is 2.34. The number of halogens is 5. The zero-order chi connectivity index (χ0) is 14.9. The lowest BCUT2D eigenvalue weighted by Crippen LogP contribution is -2.29. The van der Waals surface area contributed by atoms with E-state index in [-0.39, 0.29) is 5.56 Å². The third-order valence-corrected chi connectivity index (χ3v) is 4.52. The Morgan fingerprint density at radius 2 is 1.90 bits per heavy atom. The maximum Gasteiger partial charge on any atom is 0.419 e. The largest absolute Gasteiger partial charge is 0.419 e. The molecule has 0 aliphatic carbocycles. The Labute approximate surface area is 130 Å². The molecule has 108 valence electrons.